The normalized spacial score (nSPS) is 10.6. The van der Waals surface area contributed by atoms with E-state index in [2.05, 4.69) is 41.4 Å². The van der Waals surface area contributed by atoms with Crippen molar-refractivity contribution in [1.82, 2.24) is 9.97 Å². The molecule has 0 saturated heterocycles. The zero-order chi connectivity index (χ0) is 16.7. The first-order chi connectivity index (χ1) is 11.1. The van der Waals surface area contributed by atoms with Crippen LogP contribution in [0.1, 0.15) is 43.2 Å². The summed E-state index contributed by atoms with van der Waals surface area (Å²) in [7, 11) is 0. The lowest BCUT2D eigenvalue weighted by molar-refractivity contribution is 0.102. The van der Waals surface area contributed by atoms with E-state index >= 15 is 0 Å². The van der Waals surface area contributed by atoms with Gasteiger partial charge in [-0.05, 0) is 36.5 Å². The molecule has 0 spiro atoms. The Morgan fingerprint density at radius 3 is 2.74 bits per heavy atom. The SMILES string of the molecule is CCc1ccccc1NC(=O)c1ccnc(NCCC(C)C)n1. The van der Waals surface area contributed by atoms with E-state index < -0.39 is 0 Å². The summed E-state index contributed by atoms with van der Waals surface area (Å²) in [6.45, 7) is 7.18. The van der Waals surface area contributed by atoms with Crippen LogP contribution in [-0.4, -0.2) is 22.4 Å². The number of amides is 1. The Morgan fingerprint density at radius 1 is 1.22 bits per heavy atom. The van der Waals surface area contributed by atoms with E-state index in [4.69, 9.17) is 0 Å². The lowest BCUT2D eigenvalue weighted by Gasteiger charge is -2.10. The zero-order valence-corrected chi connectivity index (χ0v) is 14.0. The number of nitrogens with zero attached hydrogens (tertiary/aromatic N) is 2. The van der Waals surface area contributed by atoms with Crippen molar-refractivity contribution >= 4 is 17.5 Å². The van der Waals surface area contributed by atoms with Crippen molar-refractivity contribution in [2.75, 3.05) is 17.2 Å². The smallest absolute Gasteiger partial charge is 0.274 e. The van der Waals surface area contributed by atoms with Gasteiger partial charge in [-0.1, -0.05) is 39.0 Å². The number of carbonyl (C=O) groups excluding carboxylic acids is 1. The number of nitrogens with one attached hydrogen (secondary N) is 2. The van der Waals surface area contributed by atoms with Gasteiger partial charge in [0.15, 0.2) is 0 Å². The predicted octanol–water partition coefficient (Wildman–Crippen LogP) is 3.75. The van der Waals surface area contributed by atoms with E-state index in [1.807, 2.05) is 24.3 Å². The number of rotatable bonds is 7. The Hall–Kier alpha value is -2.43. The standard InChI is InChI=1S/C18H24N4O/c1-4-14-7-5-6-8-15(14)21-17(23)16-10-12-20-18(22-16)19-11-9-13(2)3/h5-8,10,12-13H,4,9,11H2,1-3H3,(H,21,23)(H,19,20,22). The van der Waals surface area contributed by atoms with Crippen LogP contribution in [0.3, 0.4) is 0 Å². The van der Waals surface area contributed by atoms with Crippen LogP contribution in [0, 0.1) is 5.92 Å². The van der Waals surface area contributed by atoms with Crippen LogP contribution in [0.2, 0.25) is 0 Å². The summed E-state index contributed by atoms with van der Waals surface area (Å²) in [6.07, 6.45) is 3.50. The highest BCUT2D eigenvalue weighted by atomic mass is 16.1. The number of aromatic nitrogens is 2. The average molecular weight is 312 g/mol. The van der Waals surface area contributed by atoms with E-state index in [1.165, 1.54) is 0 Å². The lowest BCUT2D eigenvalue weighted by Crippen LogP contribution is -2.16. The third-order valence-corrected chi connectivity index (χ3v) is 3.54. The lowest BCUT2D eigenvalue weighted by atomic mass is 10.1. The van der Waals surface area contributed by atoms with Gasteiger partial charge in [0.2, 0.25) is 5.95 Å². The Balaban J connectivity index is 2.04. The first-order valence-corrected chi connectivity index (χ1v) is 8.06. The molecule has 1 amide bonds. The highest BCUT2D eigenvalue weighted by molar-refractivity contribution is 6.03. The van der Waals surface area contributed by atoms with Crippen LogP contribution < -0.4 is 10.6 Å². The fourth-order valence-corrected chi connectivity index (χ4v) is 2.18. The van der Waals surface area contributed by atoms with Gasteiger partial charge in [0.1, 0.15) is 5.69 Å². The average Bonchev–Trinajstić information content (AvgIpc) is 2.55. The molecule has 5 nitrogen and oxygen atoms in total. The Morgan fingerprint density at radius 2 is 2.00 bits per heavy atom. The van der Waals surface area contributed by atoms with E-state index in [1.54, 1.807) is 12.3 Å². The van der Waals surface area contributed by atoms with Gasteiger partial charge in [-0.3, -0.25) is 4.79 Å². The Bertz CT molecular complexity index is 655. The summed E-state index contributed by atoms with van der Waals surface area (Å²) < 4.78 is 0. The molecular weight excluding hydrogens is 288 g/mol. The fourth-order valence-electron chi connectivity index (χ4n) is 2.18. The summed E-state index contributed by atoms with van der Waals surface area (Å²) in [4.78, 5) is 20.8. The van der Waals surface area contributed by atoms with Crippen LogP contribution in [-0.2, 0) is 6.42 Å². The van der Waals surface area contributed by atoms with Crippen LogP contribution in [0.25, 0.3) is 0 Å². The van der Waals surface area contributed by atoms with Crippen molar-refractivity contribution in [3.8, 4) is 0 Å². The molecule has 0 fully saturated rings. The third kappa shape index (κ3) is 5.06. The van der Waals surface area contributed by atoms with E-state index in [-0.39, 0.29) is 5.91 Å². The van der Waals surface area contributed by atoms with Gasteiger partial charge in [-0.15, -0.1) is 0 Å². The predicted molar refractivity (Wildman–Crippen MR) is 93.7 cm³/mol. The fraction of sp³-hybridized carbons (Fsp3) is 0.389. The summed E-state index contributed by atoms with van der Waals surface area (Å²) in [5.74, 6) is 0.877. The molecule has 0 aliphatic carbocycles. The van der Waals surface area contributed by atoms with E-state index in [0.29, 0.717) is 17.6 Å². The number of hydrogen-bond donors (Lipinski definition) is 2. The third-order valence-electron chi connectivity index (χ3n) is 3.54. The van der Waals surface area contributed by atoms with Crippen LogP contribution in [0.15, 0.2) is 36.5 Å². The monoisotopic (exact) mass is 312 g/mol. The number of aryl methyl sites for hydroxylation is 1. The summed E-state index contributed by atoms with van der Waals surface area (Å²) >= 11 is 0. The molecule has 23 heavy (non-hydrogen) atoms. The molecule has 0 radical (unpaired) electrons. The van der Waals surface area contributed by atoms with Gasteiger partial charge in [-0.25, -0.2) is 9.97 Å². The van der Waals surface area contributed by atoms with E-state index in [0.717, 1.165) is 30.6 Å². The van der Waals surface area contributed by atoms with Crippen LogP contribution in [0.5, 0.6) is 0 Å². The van der Waals surface area contributed by atoms with Gasteiger partial charge >= 0.3 is 0 Å². The molecule has 0 bridgehead atoms. The molecular formula is C18H24N4O. The number of carbonyl (C=O) groups is 1. The molecule has 0 atom stereocenters. The minimum Gasteiger partial charge on any atom is -0.354 e. The molecule has 5 heteroatoms. The number of para-hydroxylation sites is 1. The molecule has 0 unspecified atom stereocenters. The van der Waals surface area contributed by atoms with Gasteiger partial charge in [0.25, 0.3) is 5.91 Å². The Labute approximate surface area is 137 Å². The van der Waals surface area contributed by atoms with Gasteiger partial charge in [0.05, 0.1) is 0 Å². The summed E-state index contributed by atoms with van der Waals surface area (Å²) in [5.41, 5.74) is 2.29. The highest BCUT2D eigenvalue weighted by Crippen LogP contribution is 2.16. The molecule has 1 aromatic carbocycles. The second kappa shape index (κ2) is 8.27. The highest BCUT2D eigenvalue weighted by Gasteiger charge is 2.11. The summed E-state index contributed by atoms with van der Waals surface area (Å²) in [6, 6.07) is 9.41. The molecule has 122 valence electrons. The topological polar surface area (TPSA) is 66.9 Å². The van der Waals surface area contributed by atoms with Crippen molar-refractivity contribution in [3.63, 3.8) is 0 Å². The van der Waals surface area contributed by atoms with Crippen LogP contribution in [0.4, 0.5) is 11.6 Å². The molecule has 0 saturated carbocycles. The molecule has 2 N–H and O–H groups in total. The minimum atomic E-state index is -0.222. The van der Waals surface area contributed by atoms with Crippen molar-refractivity contribution in [1.29, 1.82) is 0 Å². The van der Waals surface area contributed by atoms with Gasteiger partial charge in [-0.2, -0.15) is 0 Å². The van der Waals surface area contributed by atoms with Crippen molar-refractivity contribution in [2.24, 2.45) is 5.92 Å². The minimum absolute atomic E-state index is 0.222. The largest absolute Gasteiger partial charge is 0.354 e. The van der Waals surface area contributed by atoms with Gasteiger partial charge < -0.3 is 10.6 Å². The Kier molecular flexibility index (Phi) is 6.09. The van der Waals surface area contributed by atoms with Crippen molar-refractivity contribution < 1.29 is 4.79 Å². The molecule has 1 aromatic heterocycles. The van der Waals surface area contributed by atoms with Crippen molar-refractivity contribution in [3.05, 3.63) is 47.8 Å². The molecule has 2 aromatic rings. The quantitative estimate of drug-likeness (QED) is 0.817. The first-order valence-electron chi connectivity index (χ1n) is 8.06. The molecule has 2 rings (SSSR count). The van der Waals surface area contributed by atoms with E-state index in [9.17, 15) is 4.79 Å². The number of hydrogen-bond acceptors (Lipinski definition) is 4. The number of benzene rings is 1. The van der Waals surface area contributed by atoms with Gasteiger partial charge in [0, 0.05) is 18.4 Å². The molecule has 0 aliphatic rings. The zero-order valence-electron chi connectivity index (χ0n) is 14.0. The summed E-state index contributed by atoms with van der Waals surface area (Å²) in [5, 5.41) is 6.08. The number of anilines is 2. The maximum atomic E-state index is 12.4. The first kappa shape index (κ1) is 16.9. The molecule has 0 aliphatic heterocycles. The second-order valence-electron chi connectivity index (χ2n) is 5.84. The second-order valence-corrected chi connectivity index (χ2v) is 5.84. The maximum Gasteiger partial charge on any atom is 0.274 e. The molecule has 1 heterocycles. The van der Waals surface area contributed by atoms with Crippen LogP contribution >= 0.6 is 0 Å². The maximum absolute atomic E-state index is 12.4. The van der Waals surface area contributed by atoms with Crippen molar-refractivity contribution in [2.45, 2.75) is 33.6 Å².